The predicted octanol–water partition coefficient (Wildman–Crippen LogP) is 3.28. The number of nitrogen functional groups attached to an aromatic ring is 1. The van der Waals surface area contributed by atoms with Gasteiger partial charge in [0.1, 0.15) is 23.6 Å². The van der Waals surface area contributed by atoms with Gasteiger partial charge in [0.15, 0.2) is 0 Å². The van der Waals surface area contributed by atoms with Crippen LogP contribution < -0.4 is 5.73 Å². The number of furan rings is 1. The Kier molecular flexibility index (Phi) is 3.68. The first-order valence-electron chi connectivity index (χ1n) is 6.73. The Labute approximate surface area is 130 Å². The average molecular weight is 312 g/mol. The number of carbonyl (C=O) groups excluding carboxylic acids is 1. The minimum atomic E-state index is -0.687. The van der Waals surface area contributed by atoms with Crippen molar-refractivity contribution in [3.05, 3.63) is 70.0 Å². The Morgan fingerprint density at radius 2 is 2.00 bits per heavy atom. The number of nitrogens with two attached hydrogens (primary N) is 1. The average Bonchev–Trinajstić information content (AvgIpc) is 2.95. The lowest BCUT2D eigenvalue weighted by atomic mass is 10.2. The van der Waals surface area contributed by atoms with Gasteiger partial charge in [0.2, 0.25) is 0 Å². The molecule has 0 unspecified atom stereocenters. The van der Waals surface area contributed by atoms with Gasteiger partial charge in [-0.2, -0.15) is 0 Å². The van der Waals surface area contributed by atoms with Crippen LogP contribution in [0.4, 0.5) is 11.4 Å². The highest BCUT2D eigenvalue weighted by molar-refractivity contribution is 5.91. The monoisotopic (exact) mass is 312 g/mol. The minimum Gasteiger partial charge on any atom is -0.457 e. The van der Waals surface area contributed by atoms with Crippen molar-refractivity contribution in [1.82, 2.24) is 0 Å². The van der Waals surface area contributed by atoms with Crippen LogP contribution in [-0.2, 0) is 11.3 Å². The molecule has 2 aromatic carbocycles. The number of hydrogen-bond donors (Lipinski definition) is 1. The maximum absolute atomic E-state index is 12.0. The number of benzene rings is 2. The molecule has 0 spiro atoms. The van der Waals surface area contributed by atoms with Gasteiger partial charge in [-0.15, -0.1) is 0 Å². The van der Waals surface area contributed by atoms with E-state index in [9.17, 15) is 14.9 Å². The number of nitrogens with zero attached hydrogens (tertiary/aromatic N) is 1. The van der Waals surface area contributed by atoms with Gasteiger partial charge in [-0.25, -0.2) is 4.79 Å². The molecule has 0 fully saturated rings. The molecule has 116 valence electrons. The molecule has 0 aliphatic heterocycles. The van der Waals surface area contributed by atoms with Gasteiger partial charge >= 0.3 is 5.97 Å². The van der Waals surface area contributed by atoms with E-state index in [0.29, 0.717) is 11.3 Å². The first kappa shape index (κ1) is 14.6. The number of nitro groups is 1. The molecule has 1 heterocycles. The Hall–Kier alpha value is -3.35. The summed E-state index contributed by atoms with van der Waals surface area (Å²) in [6, 6.07) is 13.0. The van der Waals surface area contributed by atoms with E-state index in [1.807, 2.05) is 24.3 Å². The number of hydrogen-bond acceptors (Lipinski definition) is 6. The van der Waals surface area contributed by atoms with E-state index in [4.69, 9.17) is 14.9 Å². The largest absolute Gasteiger partial charge is 0.457 e. The minimum absolute atomic E-state index is 0.0103. The topological polar surface area (TPSA) is 109 Å². The summed E-state index contributed by atoms with van der Waals surface area (Å²) in [5.41, 5.74) is 5.90. The van der Waals surface area contributed by atoms with Crippen LogP contribution in [0.1, 0.15) is 16.1 Å². The van der Waals surface area contributed by atoms with E-state index in [1.54, 1.807) is 6.07 Å². The molecule has 3 rings (SSSR count). The molecule has 3 aromatic rings. The highest BCUT2D eigenvalue weighted by atomic mass is 16.6. The highest BCUT2D eigenvalue weighted by Crippen LogP contribution is 2.23. The predicted molar refractivity (Wildman–Crippen MR) is 82.8 cm³/mol. The van der Waals surface area contributed by atoms with E-state index in [0.717, 1.165) is 11.5 Å². The number of esters is 1. The number of para-hydroxylation sites is 1. The second-order valence-corrected chi connectivity index (χ2v) is 4.86. The normalized spacial score (nSPS) is 10.6. The summed E-state index contributed by atoms with van der Waals surface area (Å²) in [6.45, 7) is -0.0638. The van der Waals surface area contributed by atoms with Gasteiger partial charge in [0, 0.05) is 11.5 Å². The smallest absolute Gasteiger partial charge is 0.338 e. The third-order valence-corrected chi connectivity index (χ3v) is 3.28. The molecular formula is C16H12N2O5. The summed E-state index contributed by atoms with van der Waals surface area (Å²) >= 11 is 0. The molecule has 2 N–H and O–H groups in total. The number of fused-ring (bicyclic) bond motifs is 1. The zero-order valence-electron chi connectivity index (χ0n) is 11.9. The maximum atomic E-state index is 12.0. The van der Waals surface area contributed by atoms with Crippen molar-refractivity contribution in [1.29, 1.82) is 0 Å². The molecule has 23 heavy (non-hydrogen) atoms. The fraction of sp³-hybridized carbons (Fsp3) is 0.0625. The highest BCUT2D eigenvalue weighted by Gasteiger charge is 2.17. The maximum Gasteiger partial charge on any atom is 0.338 e. The Morgan fingerprint density at radius 3 is 2.74 bits per heavy atom. The summed E-state index contributed by atoms with van der Waals surface area (Å²) in [6.07, 6.45) is 0. The van der Waals surface area contributed by atoms with Gasteiger partial charge in [-0.05, 0) is 24.3 Å². The Bertz CT molecular complexity index is 867. The third kappa shape index (κ3) is 2.98. The van der Waals surface area contributed by atoms with Gasteiger partial charge in [-0.3, -0.25) is 10.1 Å². The van der Waals surface area contributed by atoms with Crippen molar-refractivity contribution >= 4 is 28.3 Å². The van der Waals surface area contributed by atoms with E-state index < -0.39 is 10.9 Å². The fourth-order valence-corrected chi connectivity index (χ4v) is 2.16. The zero-order chi connectivity index (χ0) is 16.4. The first-order chi connectivity index (χ1) is 11.0. The fourth-order valence-electron chi connectivity index (χ4n) is 2.16. The second-order valence-electron chi connectivity index (χ2n) is 4.86. The number of carbonyl (C=O) groups is 1. The lowest BCUT2D eigenvalue weighted by molar-refractivity contribution is -0.383. The van der Waals surface area contributed by atoms with Crippen molar-refractivity contribution in [2.75, 3.05) is 5.73 Å². The number of ether oxygens (including phenoxy) is 1. The first-order valence-corrected chi connectivity index (χ1v) is 6.73. The van der Waals surface area contributed by atoms with Crippen LogP contribution in [0, 0.1) is 10.1 Å². The Balaban J connectivity index is 1.74. The molecule has 7 heteroatoms. The van der Waals surface area contributed by atoms with Crippen LogP contribution in [-0.4, -0.2) is 10.9 Å². The molecule has 0 radical (unpaired) electrons. The van der Waals surface area contributed by atoms with Crippen LogP contribution in [0.25, 0.3) is 11.0 Å². The lowest BCUT2D eigenvalue weighted by Gasteiger charge is -2.04. The van der Waals surface area contributed by atoms with Crippen molar-refractivity contribution < 1.29 is 18.9 Å². The summed E-state index contributed by atoms with van der Waals surface area (Å²) in [5, 5.41) is 11.7. The molecule has 0 atom stereocenters. The number of anilines is 1. The van der Waals surface area contributed by atoms with Crippen molar-refractivity contribution in [3.8, 4) is 0 Å². The van der Waals surface area contributed by atoms with Crippen LogP contribution in [0.5, 0.6) is 0 Å². The number of nitro benzene ring substituents is 1. The van der Waals surface area contributed by atoms with Crippen molar-refractivity contribution in [3.63, 3.8) is 0 Å². The summed E-state index contributed by atoms with van der Waals surface area (Å²) in [7, 11) is 0. The van der Waals surface area contributed by atoms with Gasteiger partial charge < -0.3 is 14.9 Å². The van der Waals surface area contributed by atoms with E-state index in [-0.39, 0.29) is 23.5 Å². The van der Waals surface area contributed by atoms with E-state index in [1.165, 1.54) is 12.1 Å². The van der Waals surface area contributed by atoms with Gasteiger partial charge in [0.05, 0.1) is 10.5 Å². The van der Waals surface area contributed by atoms with Crippen LogP contribution in [0.2, 0.25) is 0 Å². The molecule has 0 amide bonds. The summed E-state index contributed by atoms with van der Waals surface area (Å²) < 4.78 is 10.7. The van der Waals surface area contributed by atoms with Crippen molar-refractivity contribution in [2.45, 2.75) is 6.61 Å². The molecule has 0 aliphatic rings. The van der Waals surface area contributed by atoms with Crippen LogP contribution >= 0.6 is 0 Å². The molecular weight excluding hydrogens is 300 g/mol. The molecule has 0 saturated heterocycles. The zero-order valence-corrected chi connectivity index (χ0v) is 11.9. The van der Waals surface area contributed by atoms with E-state index >= 15 is 0 Å². The van der Waals surface area contributed by atoms with Crippen LogP contribution in [0.3, 0.4) is 0 Å². The number of rotatable bonds is 4. The lowest BCUT2D eigenvalue weighted by Crippen LogP contribution is -2.06. The molecule has 0 aliphatic carbocycles. The third-order valence-electron chi connectivity index (χ3n) is 3.28. The molecule has 0 bridgehead atoms. The quantitative estimate of drug-likeness (QED) is 0.343. The van der Waals surface area contributed by atoms with Gasteiger partial charge in [0.25, 0.3) is 5.69 Å². The van der Waals surface area contributed by atoms with Gasteiger partial charge in [-0.1, -0.05) is 18.2 Å². The second kappa shape index (κ2) is 5.80. The Morgan fingerprint density at radius 1 is 1.22 bits per heavy atom. The molecule has 7 nitrogen and oxygen atoms in total. The van der Waals surface area contributed by atoms with Crippen molar-refractivity contribution in [2.24, 2.45) is 0 Å². The van der Waals surface area contributed by atoms with Crippen LogP contribution in [0.15, 0.2) is 52.9 Å². The SMILES string of the molecule is Nc1ccc(C(=O)OCc2cc3ccccc3o2)cc1[N+](=O)[O-]. The molecule has 0 saturated carbocycles. The summed E-state index contributed by atoms with van der Waals surface area (Å²) in [5.74, 6) is -0.196. The van der Waals surface area contributed by atoms with E-state index in [2.05, 4.69) is 0 Å². The molecule has 1 aromatic heterocycles. The standard InChI is InChI=1S/C16H12N2O5/c17-13-6-5-11(8-14(13)18(20)21)16(19)22-9-12-7-10-3-1-2-4-15(10)23-12/h1-8H,9,17H2. The summed E-state index contributed by atoms with van der Waals surface area (Å²) in [4.78, 5) is 22.2.